The Labute approximate surface area is 148 Å². The third-order valence-corrected chi connectivity index (χ3v) is 3.82. The number of alkyl halides is 4. The van der Waals surface area contributed by atoms with Gasteiger partial charge in [-0.1, -0.05) is 12.1 Å². The number of hydrogen-bond acceptors (Lipinski definition) is 4. The molecule has 1 heterocycles. The average Bonchev–Trinajstić information content (AvgIpc) is 2.56. The van der Waals surface area contributed by atoms with Gasteiger partial charge in [-0.25, -0.2) is 27.5 Å². The molecule has 1 aromatic carbocycles. The van der Waals surface area contributed by atoms with Gasteiger partial charge in [0.05, 0.1) is 11.9 Å². The summed E-state index contributed by atoms with van der Waals surface area (Å²) in [5, 5.41) is 0.591. The van der Waals surface area contributed by atoms with Gasteiger partial charge in [-0.3, -0.25) is 4.79 Å². The number of para-hydroxylation sites is 1. The van der Waals surface area contributed by atoms with Gasteiger partial charge in [0.15, 0.2) is 5.82 Å². The number of halogens is 4. The molecular formula is C17H20F4N4O. The van der Waals surface area contributed by atoms with Gasteiger partial charge in [-0.15, -0.1) is 0 Å². The van der Waals surface area contributed by atoms with Crippen LogP contribution in [0.3, 0.4) is 0 Å². The van der Waals surface area contributed by atoms with E-state index in [0.717, 1.165) is 0 Å². The topological polar surface area (TPSA) is 49.3 Å². The Bertz CT molecular complexity index is 779. The van der Waals surface area contributed by atoms with E-state index < -0.39 is 30.5 Å². The van der Waals surface area contributed by atoms with Crippen LogP contribution in [0.25, 0.3) is 10.9 Å². The van der Waals surface area contributed by atoms with E-state index in [9.17, 15) is 22.4 Å². The Hall–Kier alpha value is -2.45. The van der Waals surface area contributed by atoms with Crippen LogP contribution >= 0.6 is 0 Å². The first-order chi connectivity index (χ1) is 12.1. The fraction of sp³-hybridized carbons (Fsp3) is 0.471. The van der Waals surface area contributed by atoms with Gasteiger partial charge in [0, 0.05) is 32.6 Å². The third kappa shape index (κ3) is 5.03. The molecule has 0 radical (unpaired) electrons. The van der Waals surface area contributed by atoms with E-state index in [1.54, 1.807) is 36.2 Å². The first-order valence-electron chi connectivity index (χ1n) is 7.96. The van der Waals surface area contributed by atoms with Crippen LogP contribution in [-0.4, -0.2) is 53.9 Å². The van der Waals surface area contributed by atoms with Crippen molar-refractivity contribution in [2.24, 2.45) is 0 Å². The van der Waals surface area contributed by atoms with E-state index in [1.807, 2.05) is 0 Å². The zero-order valence-electron chi connectivity index (χ0n) is 14.7. The maximum Gasteiger partial charge on any atom is 0.297 e. The molecule has 0 aliphatic carbocycles. The van der Waals surface area contributed by atoms with E-state index in [4.69, 9.17) is 0 Å². The van der Waals surface area contributed by atoms with E-state index >= 15 is 0 Å². The maximum absolute atomic E-state index is 13.0. The van der Waals surface area contributed by atoms with Crippen molar-refractivity contribution in [2.45, 2.75) is 25.7 Å². The first-order valence-corrected chi connectivity index (χ1v) is 7.96. The Morgan fingerprint density at radius 2 is 1.81 bits per heavy atom. The van der Waals surface area contributed by atoms with Crippen molar-refractivity contribution in [3.05, 3.63) is 30.1 Å². The van der Waals surface area contributed by atoms with Gasteiger partial charge >= 0.3 is 0 Å². The minimum absolute atomic E-state index is 0.147. The summed E-state index contributed by atoms with van der Waals surface area (Å²) in [5.74, 6) is -4.05. The average molecular weight is 372 g/mol. The summed E-state index contributed by atoms with van der Waals surface area (Å²) >= 11 is 0. The van der Waals surface area contributed by atoms with Gasteiger partial charge in [0.1, 0.15) is 5.82 Å². The highest BCUT2D eigenvalue weighted by Crippen LogP contribution is 2.26. The van der Waals surface area contributed by atoms with Crippen molar-refractivity contribution in [2.75, 3.05) is 32.1 Å². The maximum atomic E-state index is 13.0. The molecule has 1 amide bonds. The summed E-state index contributed by atoms with van der Waals surface area (Å²) in [4.78, 5) is 22.3. The number of nitrogens with zero attached hydrogens (tertiary/aromatic N) is 4. The summed E-state index contributed by atoms with van der Waals surface area (Å²) < 4.78 is 52.0. The van der Waals surface area contributed by atoms with E-state index in [0.29, 0.717) is 23.6 Å². The molecule has 2 rings (SSSR count). The van der Waals surface area contributed by atoms with Crippen molar-refractivity contribution in [3.63, 3.8) is 0 Å². The van der Waals surface area contributed by atoms with Crippen molar-refractivity contribution >= 4 is 22.6 Å². The van der Waals surface area contributed by atoms with Crippen LogP contribution in [0, 0.1) is 0 Å². The standard InChI is InChI=1S/C17H20F4N4O/c1-17(20,21)10-13(26)24(2)8-9-25(3)16-11-6-4-5-7-12(11)22-15(23-16)14(18)19/h4-7,14H,8-10H2,1-3H3. The quantitative estimate of drug-likeness (QED) is 0.698. The lowest BCUT2D eigenvalue weighted by atomic mass is 10.2. The molecule has 1 aromatic heterocycles. The van der Waals surface area contributed by atoms with Gasteiger partial charge in [0.2, 0.25) is 5.91 Å². The zero-order valence-corrected chi connectivity index (χ0v) is 14.7. The monoisotopic (exact) mass is 372 g/mol. The lowest BCUT2D eigenvalue weighted by Crippen LogP contribution is -2.37. The lowest BCUT2D eigenvalue weighted by Gasteiger charge is -2.25. The number of hydrogen-bond donors (Lipinski definition) is 0. The molecule has 9 heteroatoms. The molecule has 26 heavy (non-hydrogen) atoms. The number of rotatable bonds is 7. The second-order valence-corrected chi connectivity index (χ2v) is 6.21. The molecule has 0 aliphatic rings. The second-order valence-electron chi connectivity index (χ2n) is 6.21. The van der Waals surface area contributed by atoms with Crippen LogP contribution in [0.1, 0.15) is 25.6 Å². The number of carbonyl (C=O) groups excluding carboxylic acids is 1. The molecule has 0 atom stereocenters. The normalized spacial score (nSPS) is 11.8. The largest absolute Gasteiger partial charge is 0.357 e. The molecule has 5 nitrogen and oxygen atoms in total. The number of amides is 1. The van der Waals surface area contributed by atoms with Gasteiger partial charge in [-0.2, -0.15) is 0 Å². The van der Waals surface area contributed by atoms with E-state index in [-0.39, 0.29) is 13.1 Å². The Morgan fingerprint density at radius 1 is 1.15 bits per heavy atom. The molecule has 0 aliphatic heterocycles. The fourth-order valence-corrected chi connectivity index (χ4v) is 2.40. The Kier molecular flexibility index (Phi) is 5.99. The first kappa shape index (κ1) is 19.9. The number of benzene rings is 1. The highest BCUT2D eigenvalue weighted by Gasteiger charge is 2.27. The summed E-state index contributed by atoms with van der Waals surface area (Å²) in [5.41, 5.74) is 0.384. The van der Waals surface area contributed by atoms with Crippen molar-refractivity contribution in [1.82, 2.24) is 14.9 Å². The van der Waals surface area contributed by atoms with Crippen LogP contribution in [0.15, 0.2) is 24.3 Å². The van der Waals surface area contributed by atoms with Crippen LogP contribution < -0.4 is 4.90 Å². The number of carbonyl (C=O) groups is 1. The highest BCUT2D eigenvalue weighted by molar-refractivity contribution is 5.89. The number of anilines is 1. The van der Waals surface area contributed by atoms with Crippen molar-refractivity contribution < 1.29 is 22.4 Å². The van der Waals surface area contributed by atoms with E-state index in [2.05, 4.69) is 9.97 Å². The third-order valence-electron chi connectivity index (χ3n) is 3.82. The van der Waals surface area contributed by atoms with E-state index in [1.165, 1.54) is 11.9 Å². The SMILES string of the molecule is CN(CCN(C)c1nc(C(F)F)nc2ccccc12)C(=O)CC(C)(F)F. The molecule has 142 valence electrons. The van der Waals surface area contributed by atoms with Crippen molar-refractivity contribution in [3.8, 4) is 0 Å². The smallest absolute Gasteiger partial charge is 0.297 e. The molecule has 2 aromatic rings. The summed E-state index contributed by atoms with van der Waals surface area (Å²) in [6.45, 7) is 1.07. The molecule has 0 saturated heterocycles. The number of likely N-dealkylation sites (N-methyl/N-ethyl adjacent to an activating group) is 2. The molecule has 0 saturated carbocycles. The summed E-state index contributed by atoms with van der Waals surface area (Å²) in [6, 6.07) is 6.75. The van der Waals surface area contributed by atoms with Gasteiger partial charge in [-0.05, 0) is 19.1 Å². The minimum Gasteiger partial charge on any atom is -0.357 e. The molecule has 0 N–H and O–H groups in total. The molecule has 0 fully saturated rings. The molecule has 0 unspecified atom stereocenters. The predicted octanol–water partition coefficient (Wildman–Crippen LogP) is 3.51. The highest BCUT2D eigenvalue weighted by atomic mass is 19.3. The fourth-order valence-electron chi connectivity index (χ4n) is 2.40. The van der Waals surface area contributed by atoms with Gasteiger partial charge < -0.3 is 9.80 Å². The number of fused-ring (bicyclic) bond motifs is 1. The number of aromatic nitrogens is 2. The summed E-state index contributed by atoms with van der Waals surface area (Å²) in [6.07, 6.45) is -3.69. The van der Waals surface area contributed by atoms with Crippen LogP contribution in [0.2, 0.25) is 0 Å². The second kappa shape index (κ2) is 7.84. The Morgan fingerprint density at radius 3 is 2.42 bits per heavy atom. The predicted molar refractivity (Wildman–Crippen MR) is 90.6 cm³/mol. The molecule has 0 bridgehead atoms. The minimum atomic E-state index is -3.08. The Balaban J connectivity index is 2.16. The van der Waals surface area contributed by atoms with Crippen molar-refractivity contribution in [1.29, 1.82) is 0 Å². The van der Waals surface area contributed by atoms with Crippen LogP contribution in [0.4, 0.5) is 23.4 Å². The zero-order chi connectivity index (χ0) is 19.5. The molecular weight excluding hydrogens is 352 g/mol. The van der Waals surface area contributed by atoms with Gasteiger partial charge in [0.25, 0.3) is 12.3 Å². The van der Waals surface area contributed by atoms with Crippen LogP contribution in [0.5, 0.6) is 0 Å². The molecule has 0 spiro atoms. The lowest BCUT2D eigenvalue weighted by molar-refractivity contribution is -0.136. The van der Waals surface area contributed by atoms with Crippen LogP contribution in [-0.2, 0) is 4.79 Å². The summed E-state index contributed by atoms with van der Waals surface area (Å²) in [7, 11) is 3.06.